The maximum atomic E-state index is 14.0. The van der Waals surface area contributed by atoms with Crippen LogP contribution in [0.15, 0.2) is 23.8 Å². The van der Waals surface area contributed by atoms with Gasteiger partial charge in [-0.25, -0.2) is 4.39 Å². The lowest BCUT2D eigenvalue weighted by Crippen LogP contribution is -2.23. The molecular formula is C19H28FN. The predicted octanol–water partition coefficient (Wildman–Crippen LogP) is 5.10. The van der Waals surface area contributed by atoms with Crippen LogP contribution in [0.2, 0.25) is 0 Å². The Balaban J connectivity index is 2.19. The SMILES string of the molecule is CCCNC/C(=C/c1cc(C)ccc1F)C1CCCCC1. The molecule has 1 aliphatic carbocycles. The first-order chi connectivity index (χ1) is 10.2. The molecule has 1 fully saturated rings. The van der Waals surface area contributed by atoms with Crippen molar-refractivity contribution >= 4 is 6.08 Å². The lowest BCUT2D eigenvalue weighted by atomic mass is 9.83. The van der Waals surface area contributed by atoms with E-state index in [2.05, 4.69) is 18.3 Å². The van der Waals surface area contributed by atoms with Crippen LogP contribution in [0.25, 0.3) is 6.08 Å². The first-order valence-electron chi connectivity index (χ1n) is 8.38. The third-order valence-corrected chi connectivity index (χ3v) is 4.38. The average Bonchev–Trinajstić information content (AvgIpc) is 2.51. The van der Waals surface area contributed by atoms with Gasteiger partial charge in [0.05, 0.1) is 0 Å². The first kappa shape index (κ1) is 16.2. The van der Waals surface area contributed by atoms with Crippen LogP contribution in [0.3, 0.4) is 0 Å². The van der Waals surface area contributed by atoms with Crippen molar-refractivity contribution in [2.24, 2.45) is 5.92 Å². The minimum atomic E-state index is -0.107. The van der Waals surface area contributed by atoms with Crippen LogP contribution in [0.4, 0.5) is 4.39 Å². The highest BCUT2D eigenvalue weighted by atomic mass is 19.1. The smallest absolute Gasteiger partial charge is 0.130 e. The van der Waals surface area contributed by atoms with Crippen molar-refractivity contribution in [3.63, 3.8) is 0 Å². The lowest BCUT2D eigenvalue weighted by molar-refractivity contribution is 0.396. The van der Waals surface area contributed by atoms with Gasteiger partial charge in [0.1, 0.15) is 5.82 Å². The van der Waals surface area contributed by atoms with Crippen molar-refractivity contribution < 1.29 is 4.39 Å². The maximum Gasteiger partial charge on any atom is 0.130 e. The number of aryl methyl sites for hydroxylation is 1. The molecule has 1 N–H and O–H groups in total. The molecule has 1 aliphatic rings. The zero-order valence-corrected chi connectivity index (χ0v) is 13.4. The standard InChI is InChI=1S/C19H28FN/c1-3-11-21-14-18(16-7-5-4-6-8-16)13-17-12-15(2)9-10-19(17)20/h9-10,12-13,16,21H,3-8,11,14H2,1-2H3/b18-13-. The van der Waals surface area contributed by atoms with Crippen molar-refractivity contribution in [1.82, 2.24) is 5.32 Å². The third kappa shape index (κ3) is 4.96. The molecule has 21 heavy (non-hydrogen) atoms. The molecule has 0 aliphatic heterocycles. The number of halogens is 1. The van der Waals surface area contributed by atoms with Crippen LogP contribution in [0, 0.1) is 18.7 Å². The van der Waals surface area contributed by atoms with Gasteiger partial charge in [0.25, 0.3) is 0 Å². The number of benzene rings is 1. The summed E-state index contributed by atoms with van der Waals surface area (Å²) in [5, 5.41) is 3.50. The molecule has 0 atom stereocenters. The topological polar surface area (TPSA) is 12.0 Å². The van der Waals surface area contributed by atoms with Gasteiger partial charge in [0.15, 0.2) is 0 Å². The molecule has 0 spiro atoms. The van der Waals surface area contributed by atoms with Gasteiger partial charge in [-0.15, -0.1) is 0 Å². The van der Waals surface area contributed by atoms with E-state index in [1.165, 1.54) is 37.7 Å². The molecule has 0 bridgehead atoms. The van der Waals surface area contributed by atoms with Crippen LogP contribution in [0.1, 0.15) is 56.6 Å². The molecule has 0 radical (unpaired) electrons. The summed E-state index contributed by atoms with van der Waals surface area (Å²) >= 11 is 0. The highest BCUT2D eigenvalue weighted by Crippen LogP contribution is 2.31. The van der Waals surface area contributed by atoms with E-state index in [4.69, 9.17) is 0 Å². The summed E-state index contributed by atoms with van der Waals surface area (Å²) in [6, 6.07) is 5.37. The Hall–Kier alpha value is -1.15. The number of rotatable bonds is 6. The van der Waals surface area contributed by atoms with E-state index in [-0.39, 0.29) is 5.82 Å². The van der Waals surface area contributed by atoms with Gasteiger partial charge < -0.3 is 5.32 Å². The number of hydrogen-bond acceptors (Lipinski definition) is 1. The van der Waals surface area contributed by atoms with Crippen molar-refractivity contribution in [2.45, 2.75) is 52.4 Å². The highest BCUT2D eigenvalue weighted by Gasteiger charge is 2.18. The van der Waals surface area contributed by atoms with Crippen molar-refractivity contribution in [3.05, 3.63) is 40.7 Å². The summed E-state index contributed by atoms with van der Waals surface area (Å²) in [6.45, 7) is 6.12. The Morgan fingerprint density at radius 1 is 1.29 bits per heavy atom. The molecule has 0 aromatic heterocycles. The first-order valence-corrected chi connectivity index (χ1v) is 8.38. The van der Waals surface area contributed by atoms with E-state index in [1.807, 2.05) is 19.1 Å². The average molecular weight is 289 g/mol. The van der Waals surface area contributed by atoms with E-state index in [9.17, 15) is 4.39 Å². The minimum absolute atomic E-state index is 0.107. The monoisotopic (exact) mass is 289 g/mol. The Morgan fingerprint density at radius 3 is 2.76 bits per heavy atom. The summed E-state index contributed by atoms with van der Waals surface area (Å²) in [4.78, 5) is 0. The molecule has 2 heteroatoms. The van der Waals surface area contributed by atoms with Crippen molar-refractivity contribution in [2.75, 3.05) is 13.1 Å². The van der Waals surface area contributed by atoms with Gasteiger partial charge in [-0.3, -0.25) is 0 Å². The van der Waals surface area contributed by atoms with Gasteiger partial charge in [0.2, 0.25) is 0 Å². The molecule has 1 saturated carbocycles. The van der Waals surface area contributed by atoms with Crippen molar-refractivity contribution in [3.8, 4) is 0 Å². The van der Waals surface area contributed by atoms with Crippen molar-refractivity contribution in [1.29, 1.82) is 0 Å². The van der Waals surface area contributed by atoms with E-state index >= 15 is 0 Å². The molecule has 0 saturated heterocycles. The molecule has 0 unspecified atom stereocenters. The fourth-order valence-electron chi connectivity index (χ4n) is 3.17. The zero-order valence-electron chi connectivity index (χ0n) is 13.4. The molecule has 116 valence electrons. The quantitative estimate of drug-likeness (QED) is 0.719. The maximum absolute atomic E-state index is 14.0. The Labute approximate surface area is 128 Å². The minimum Gasteiger partial charge on any atom is -0.313 e. The molecule has 0 amide bonds. The van der Waals surface area contributed by atoms with E-state index in [0.29, 0.717) is 5.92 Å². The fraction of sp³-hybridized carbons (Fsp3) is 0.579. The number of hydrogen-bond donors (Lipinski definition) is 1. The largest absolute Gasteiger partial charge is 0.313 e. The molecule has 2 rings (SSSR count). The molecule has 1 aromatic rings. The second-order valence-electron chi connectivity index (χ2n) is 6.26. The normalized spacial score (nSPS) is 17.2. The Bertz CT molecular complexity index is 472. The van der Waals surface area contributed by atoms with Crippen LogP contribution >= 0.6 is 0 Å². The Morgan fingerprint density at radius 2 is 2.05 bits per heavy atom. The van der Waals surface area contributed by atoms with Gasteiger partial charge in [-0.2, -0.15) is 0 Å². The fourth-order valence-corrected chi connectivity index (χ4v) is 3.17. The second-order valence-corrected chi connectivity index (χ2v) is 6.26. The molecule has 1 aromatic carbocycles. The highest BCUT2D eigenvalue weighted by molar-refractivity contribution is 5.55. The predicted molar refractivity (Wildman–Crippen MR) is 88.8 cm³/mol. The van der Waals surface area contributed by atoms with Gasteiger partial charge in [0, 0.05) is 12.1 Å². The van der Waals surface area contributed by atoms with Crippen LogP contribution < -0.4 is 5.32 Å². The summed E-state index contributed by atoms with van der Waals surface area (Å²) in [5.41, 5.74) is 3.24. The summed E-state index contributed by atoms with van der Waals surface area (Å²) in [5.74, 6) is 0.521. The third-order valence-electron chi connectivity index (χ3n) is 4.38. The van der Waals surface area contributed by atoms with Gasteiger partial charge in [-0.05, 0) is 50.8 Å². The molecule has 0 heterocycles. The van der Waals surface area contributed by atoms with Crippen LogP contribution in [-0.2, 0) is 0 Å². The molecular weight excluding hydrogens is 261 g/mol. The summed E-state index contributed by atoms with van der Waals surface area (Å²) in [6.07, 6.45) is 9.72. The summed E-state index contributed by atoms with van der Waals surface area (Å²) in [7, 11) is 0. The number of nitrogens with one attached hydrogen (secondary N) is 1. The van der Waals surface area contributed by atoms with E-state index < -0.39 is 0 Å². The van der Waals surface area contributed by atoms with Crippen LogP contribution in [-0.4, -0.2) is 13.1 Å². The van der Waals surface area contributed by atoms with Crippen LogP contribution in [0.5, 0.6) is 0 Å². The van der Waals surface area contributed by atoms with Gasteiger partial charge in [-0.1, -0.05) is 49.5 Å². The van der Waals surface area contributed by atoms with E-state index in [0.717, 1.165) is 30.6 Å². The van der Waals surface area contributed by atoms with E-state index in [1.54, 1.807) is 6.07 Å². The zero-order chi connectivity index (χ0) is 15.1. The summed E-state index contributed by atoms with van der Waals surface area (Å²) < 4.78 is 14.0. The van der Waals surface area contributed by atoms with Gasteiger partial charge >= 0.3 is 0 Å². The lowest BCUT2D eigenvalue weighted by Gasteiger charge is -2.25. The molecule has 1 nitrogen and oxygen atoms in total. The Kier molecular flexibility index (Phi) is 6.44. The second kappa shape index (κ2) is 8.33.